The van der Waals surface area contributed by atoms with Crippen LogP contribution in [0.3, 0.4) is 0 Å². The summed E-state index contributed by atoms with van der Waals surface area (Å²) >= 11 is 0. The first kappa shape index (κ1) is 12.5. The fourth-order valence-electron chi connectivity index (χ4n) is 1.14. The highest BCUT2D eigenvalue weighted by Crippen LogP contribution is 2.01. The summed E-state index contributed by atoms with van der Waals surface area (Å²) in [5, 5.41) is 3.43. The molecule has 0 aromatic rings. The third kappa shape index (κ3) is 6.62. The van der Waals surface area contributed by atoms with Crippen molar-refractivity contribution in [3.05, 3.63) is 0 Å². The van der Waals surface area contributed by atoms with E-state index in [9.17, 15) is 0 Å². The van der Waals surface area contributed by atoms with E-state index in [1.165, 1.54) is 0 Å². The first-order valence-corrected chi connectivity index (χ1v) is 4.88. The molecule has 0 amide bonds. The third-order valence-electron chi connectivity index (χ3n) is 2.06. The molecule has 0 rings (SSSR count). The second-order valence-electron chi connectivity index (χ2n) is 3.57. The molecule has 2 nitrogen and oxygen atoms in total. The molecule has 2 heteroatoms. The molecule has 0 saturated carbocycles. The van der Waals surface area contributed by atoms with Gasteiger partial charge in [0, 0.05) is 19.6 Å². The van der Waals surface area contributed by atoms with Gasteiger partial charge in [0.2, 0.25) is 0 Å². The van der Waals surface area contributed by atoms with Crippen molar-refractivity contribution in [1.29, 1.82) is 0 Å². The van der Waals surface area contributed by atoms with Crippen LogP contribution < -0.4 is 5.32 Å². The third-order valence-corrected chi connectivity index (χ3v) is 2.06. The molecule has 0 aromatic heterocycles. The van der Waals surface area contributed by atoms with Crippen LogP contribution in [0.1, 0.15) is 26.7 Å². The van der Waals surface area contributed by atoms with Gasteiger partial charge in [-0.2, -0.15) is 0 Å². The zero-order valence-corrected chi connectivity index (χ0v) is 8.97. The molecule has 0 aromatic carbocycles. The number of rotatable bonds is 7. The van der Waals surface area contributed by atoms with Gasteiger partial charge in [-0.3, -0.25) is 0 Å². The van der Waals surface area contributed by atoms with Crippen LogP contribution in [0.25, 0.3) is 0 Å². The average molecular weight is 183 g/mol. The predicted octanol–water partition coefficient (Wildman–Crippen LogP) is 1.66. The van der Waals surface area contributed by atoms with Crippen molar-refractivity contribution < 1.29 is 4.74 Å². The first-order valence-electron chi connectivity index (χ1n) is 4.88. The second kappa shape index (κ2) is 8.10. The zero-order valence-electron chi connectivity index (χ0n) is 8.97. The van der Waals surface area contributed by atoms with Gasteiger partial charge in [-0.1, -0.05) is 13.8 Å². The van der Waals surface area contributed by atoms with Crippen LogP contribution in [0.5, 0.6) is 0 Å². The number of methoxy groups -OCH3 is 1. The molecule has 1 atom stereocenters. The summed E-state index contributed by atoms with van der Waals surface area (Å²) in [6.45, 7) is 6.14. The van der Waals surface area contributed by atoms with E-state index in [0.717, 1.165) is 26.0 Å². The summed E-state index contributed by atoms with van der Waals surface area (Å²) < 4.78 is 5.12. The van der Waals surface area contributed by atoms with Crippen molar-refractivity contribution in [2.45, 2.75) is 32.7 Å². The Balaban J connectivity index is 3.52. The summed E-state index contributed by atoms with van der Waals surface area (Å²) in [6.07, 6.45) is 7.06. The lowest BCUT2D eigenvalue weighted by Gasteiger charge is -2.21. The molecule has 0 heterocycles. The molecular weight excluding hydrogens is 162 g/mol. The summed E-state index contributed by atoms with van der Waals surface area (Å²) in [6, 6.07) is 0.447. The second-order valence-corrected chi connectivity index (χ2v) is 3.57. The Hall–Kier alpha value is -0.520. The van der Waals surface area contributed by atoms with E-state index in [2.05, 4.69) is 25.1 Å². The summed E-state index contributed by atoms with van der Waals surface area (Å²) in [4.78, 5) is 0. The number of ether oxygens (including phenoxy) is 1. The van der Waals surface area contributed by atoms with Crippen LogP contribution >= 0.6 is 0 Å². The van der Waals surface area contributed by atoms with Crippen LogP contribution in [0.4, 0.5) is 0 Å². The molecule has 1 N–H and O–H groups in total. The van der Waals surface area contributed by atoms with Crippen LogP contribution in [-0.2, 0) is 4.74 Å². The molecule has 0 saturated heterocycles. The number of hydrogen-bond donors (Lipinski definition) is 1. The zero-order chi connectivity index (χ0) is 10.1. The van der Waals surface area contributed by atoms with Crippen molar-refractivity contribution in [2.24, 2.45) is 5.92 Å². The summed E-state index contributed by atoms with van der Waals surface area (Å²) in [7, 11) is 1.73. The fourth-order valence-corrected chi connectivity index (χ4v) is 1.14. The van der Waals surface area contributed by atoms with Gasteiger partial charge in [-0.25, -0.2) is 0 Å². The smallest absolute Gasteiger partial charge is 0.0618 e. The van der Waals surface area contributed by atoms with Gasteiger partial charge < -0.3 is 10.1 Å². The van der Waals surface area contributed by atoms with Gasteiger partial charge in [0.25, 0.3) is 0 Å². The van der Waals surface area contributed by atoms with E-state index < -0.39 is 0 Å². The van der Waals surface area contributed by atoms with Gasteiger partial charge in [-0.15, -0.1) is 12.3 Å². The number of nitrogens with one attached hydrogen (secondary N) is 1. The Bertz CT molecular complexity index is 149. The van der Waals surface area contributed by atoms with E-state index in [1.807, 2.05) is 0 Å². The van der Waals surface area contributed by atoms with Gasteiger partial charge >= 0.3 is 0 Å². The van der Waals surface area contributed by atoms with Gasteiger partial charge in [0.1, 0.15) is 0 Å². The van der Waals surface area contributed by atoms with Crippen molar-refractivity contribution in [3.8, 4) is 12.3 Å². The van der Waals surface area contributed by atoms with Crippen molar-refractivity contribution >= 4 is 0 Å². The van der Waals surface area contributed by atoms with E-state index in [0.29, 0.717) is 12.0 Å². The molecule has 13 heavy (non-hydrogen) atoms. The van der Waals surface area contributed by atoms with Crippen LogP contribution in [0.2, 0.25) is 0 Å². The van der Waals surface area contributed by atoms with E-state index in [1.54, 1.807) is 7.11 Å². The number of hydrogen-bond acceptors (Lipinski definition) is 2. The molecule has 0 aliphatic rings. The number of terminal acetylenes is 1. The number of unbranched alkanes of at least 4 members (excludes halogenated alkanes) is 1. The lowest BCUT2D eigenvalue weighted by molar-refractivity contribution is 0.147. The molecule has 0 fully saturated rings. The Morgan fingerprint density at radius 3 is 2.62 bits per heavy atom. The molecule has 76 valence electrons. The van der Waals surface area contributed by atoms with Crippen LogP contribution in [0, 0.1) is 18.3 Å². The maximum atomic E-state index is 5.16. The minimum absolute atomic E-state index is 0.447. The van der Waals surface area contributed by atoms with Gasteiger partial charge in [0.05, 0.1) is 6.61 Å². The maximum Gasteiger partial charge on any atom is 0.0618 e. The highest BCUT2D eigenvalue weighted by atomic mass is 16.5. The van der Waals surface area contributed by atoms with Gasteiger partial charge in [0.15, 0.2) is 0 Å². The lowest BCUT2D eigenvalue weighted by atomic mass is 10.1. The van der Waals surface area contributed by atoms with Crippen molar-refractivity contribution in [3.63, 3.8) is 0 Å². The largest absolute Gasteiger partial charge is 0.383 e. The molecule has 0 radical (unpaired) electrons. The Morgan fingerprint density at radius 2 is 2.15 bits per heavy atom. The quantitative estimate of drug-likeness (QED) is 0.479. The molecule has 0 bridgehead atoms. The SMILES string of the molecule is C#CCCCNC(COC)C(C)C. The molecular formula is C11H21NO. The fraction of sp³-hybridized carbons (Fsp3) is 0.818. The predicted molar refractivity (Wildman–Crippen MR) is 56.6 cm³/mol. The Kier molecular flexibility index (Phi) is 7.77. The Labute approximate surface area is 82.1 Å². The monoisotopic (exact) mass is 183 g/mol. The minimum atomic E-state index is 0.447. The van der Waals surface area contributed by atoms with E-state index in [-0.39, 0.29) is 0 Å². The van der Waals surface area contributed by atoms with Gasteiger partial charge in [-0.05, 0) is 18.9 Å². The van der Waals surface area contributed by atoms with Crippen LogP contribution in [0.15, 0.2) is 0 Å². The average Bonchev–Trinajstić information content (AvgIpc) is 2.10. The van der Waals surface area contributed by atoms with Crippen molar-refractivity contribution in [2.75, 3.05) is 20.3 Å². The Morgan fingerprint density at radius 1 is 1.46 bits per heavy atom. The van der Waals surface area contributed by atoms with E-state index in [4.69, 9.17) is 11.2 Å². The minimum Gasteiger partial charge on any atom is -0.383 e. The molecule has 0 spiro atoms. The maximum absolute atomic E-state index is 5.16. The highest BCUT2D eigenvalue weighted by molar-refractivity contribution is 4.83. The lowest BCUT2D eigenvalue weighted by Crippen LogP contribution is -2.38. The van der Waals surface area contributed by atoms with Crippen molar-refractivity contribution in [1.82, 2.24) is 5.32 Å². The molecule has 0 aliphatic heterocycles. The first-order chi connectivity index (χ1) is 6.22. The van der Waals surface area contributed by atoms with Crippen LogP contribution in [-0.4, -0.2) is 26.3 Å². The topological polar surface area (TPSA) is 21.3 Å². The molecule has 0 aliphatic carbocycles. The molecule has 1 unspecified atom stereocenters. The highest BCUT2D eigenvalue weighted by Gasteiger charge is 2.10. The standard InChI is InChI=1S/C11H21NO/c1-5-6-7-8-12-11(9-13-4)10(2)3/h1,10-12H,6-9H2,2-4H3. The summed E-state index contributed by atoms with van der Waals surface area (Å²) in [5.41, 5.74) is 0. The van der Waals surface area contributed by atoms with E-state index >= 15 is 0 Å². The summed E-state index contributed by atoms with van der Waals surface area (Å²) in [5.74, 6) is 3.23. The normalized spacial score (nSPS) is 12.8.